The first kappa shape index (κ1) is 23.4. The molecule has 1 aromatic heterocycles. The normalized spacial score (nSPS) is 11.7. The zero-order valence-corrected chi connectivity index (χ0v) is 20.6. The predicted octanol–water partition coefficient (Wildman–Crippen LogP) is 6.47. The molecule has 2 N–H and O–H groups in total. The van der Waals surface area contributed by atoms with E-state index in [1.807, 2.05) is 42.5 Å². The van der Waals surface area contributed by atoms with E-state index < -0.39 is 12.0 Å². The van der Waals surface area contributed by atoms with Crippen LogP contribution >= 0.6 is 46.8 Å². The van der Waals surface area contributed by atoms with Gasteiger partial charge in [-0.05, 0) is 67.2 Å². The molecule has 0 aliphatic rings. The van der Waals surface area contributed by atoms with Crippen LogP contribution in [-0.4, -0.2) is 22.1 Å². The molecule has 5 nitrogen and oxygen atoms in total. The molecule has 1 unspecified atom stereocenters. The summed E-state index contributed by atoms with van der Waals surface area (Å²) < 4.78 is 6.80. The van der Waals surface area contributed by atoms with Gasteiger partial charge in [-0.2, -0.15) is 0 Å². The van der Waals surface area contributed by atoms with Crippen LogP contribution < -0.4 is 15.4 Å². The second kappa shape index (κ2) is 10.5. The standard InChI is InChI=1S/C24H19Cl2N3O2S2/c1-14(31-20-11-8-16(25)13-18(20)26)23(30)29-24(32)27-17-9-6-15(7-10-17)12-22-28-19-4-2-3-5-21(19)33-22/h2-11,13-14H,12H2,1H3,(H2,27,29,30,32). The Balaban J connectivity index is 1.30. The van der Waals surface area contributed by atoms with Crippen molar-refractivity contribution >= 4 is 73.7 Å². The molecule has 0 aliphatic heterocycles. The van der Waals surface area contributed by atoms with Crippen molar-refractivity contribution in [3.63, 3.8) is 0 Å². The third kappa shape index (κ3) is 6.21. The number of anilines is 1. The summed E-state index contributed by atoms with van der Waals surface area (Å²) in [6, 6.07) is 20.8. The third-order valence-corrected chi connectivity index (χ3v) is 6.48. The van der Waals surface area contributed by atoms with Gasteiger partial charge in [-0.15, -0.1) is 11.3 Å². The summed E-state index contributed by atoms with van der Waals surface area (Å²) in [6.45, 7) is 1.61. The van der Waals surface area contributed by atoms with E-state index in [4.69, 9.17) is 40.2 Å². The van der Waals surface area contributed by atoms with Gasteiger partial charge < -0.3 is 10.1 Å². The summed E-state index contributed by atoms with van der Waals surface area (Å²) >= 11 is 18.9. The largest absolute Gasteiger partial charge is 0.479 e. The van der Waals surface area contributed by atoms with Crippen LogP contribution in [-0.2, 0) is 11.2 Å². The Hall–Kier alpha value is -2.71. The Labute approximate surface area is 210 Å². The number of carbonyl (C=O) groups is 1. The first-order valence-electron chi connectivity index (χ1n) is 10.0. The topological polar surface area (TPSA) is 63.2 Å². The Morgan fingerprint density at radius 2 is 1.88 bits per heavy atom. The molecule has 0 saturated carbocycles. The van der Waals surface area contributed by atoms with E-state index in [2.05, 4.69) is 21.7 Å². The molecule has 1 amide bonds. The number of hydrogen-bond donors (Lipinski definition) is 2. The number of amides is 1. The monoisotopic (exact) mass is 515 g/mol. The fourth-order valence-electron chi connectivity index (χ4n) is 3.07. The number of thiocarbonyl (C=S) groups is 1. The lowest BCUT2D eigenvalue weighted by atomic mass is 10.1. The third-order valence-electron chi connectivity index (χ3n) is 4.71. The van der Waals surface area contributed by atoms with E-state index in [0.717, 1.165) is 28.2 Å². The van der Waals surface area contributed by atoms with Crippen molar-refractivity contribution in [3.8, 4) is 5.75 Å². The number of aromatic nitrogens is 1. The van der Waals surface area contributed by atoms with Gasteiger partial charge in [0.25, 0.3) is 5.91 Å². The summed E-state index contributed by atoms with van der Waals surface area (Å²) in [6.07, 6.45) is -0.0530. The minimum absolute atomic E-state index is 0.177. The highest BCUT2D eigenvalue weighted by Crippen LogP contribution is 2.28. The number of para-hydroxylation sites is 1. The van der Waals surface area contributed by atoms with Crippen LogP contribution in [0.2, 0.25) is 10.0 Å². The van der Waals surface area contributed by atoms with Crippen LogP contribution in [0.5, 0.6) is 5.75 Å². The summed E-state index contributed by atoms with van der Waals surface area (Å²) in [5.74, 6) is -0.0303. The Morgan fingerprint density at radius 1 is 1.12 bits per heavy atom. The van der Waals surface area contributed by atoms with Gasteiger partial charge >= 0.3 is 0 Å². The molecule has 3 aromatic carbocycles. The summed E-state index contributed by atoms with van der Waals surface area (Å²) in [4.78, 5) is 17.1. The van der Waals surface area contributed by atoms with Gasteiger partial charge in [0.15, 0.2) is 11.2 Å². The molecule has 0 radical (unpaired) electrons. The van der Waals surface area contributed by atoms with Gasteiger partial charge in [0, 0.05) is 17.1 Å². The van der Waals surface area contributed by atoms with E-state index in [1.54, 1.807) is 36.5 Å². The molecular weight excluding hydrogens is 497 g/mol. The van der Waals surface area contributed by atoms with Crippen molar-refractivity contribution in [2.45, 2.75) is 19.4 Å². The van der Waals surface area contributed by atoms with Gasteiger partial charge in [-0.3, -0.25) is 10.1 Å². The molecule has 4 aromatic rings. The second-order valence-corrected chi connectivity index (χ2v) is 9.59. The van der Waals surface area contributed by atoms with Crippen molar-refractivity contribution in [1.82, 2.24) is 10.3 Å². The highest BCUT2D eigenvalue weighted by molar-refractivity contribution is 7.80. The summed E-state index contributed by atoms with van der Waals surface area (Å²) in [7, 11) is 0. The van der Waals surface area contributed by atoms with Gasteiger partial charge in [0.2, 0.25) is 0 Å². The number of benzene rings is 3. The highest BCUT2D eigenvalue weighted by Gasteiger charge is 2.17. The molecular formula is C24H19Cl2N3O2S2. The lowest BCUT2D eigenvalue weighted by Crippen LogP contribution is -2.42. The zero-order chi connectivity index (χ0) is 23.4. The number of fused-ring (bicyclic) bond motifs is 1. The molecule has 4 rings (SSSR count). The van der Waals surface area contributed by atoms with Crippen molar-refractivity contribution in [1.29, 1.82) is 0 Å². The average Bonchev–Trinajstić information content (AvgIpc) is 3.19. The Kier molecular flexibility index (Phi) is 7.45. The lowest BCUT2D eigenvalue weighted by Gasteiger charge is -2.16. The number of rotatable bonds is 6. The molecule has 9 heteroatoms. The summed E-state index contributed by atoms with van der Waals surface area (Å²) in [5, 5.41) is 7.69. The van der Waals surface area contributed by atoms with Crippen LogP contribution in [0.25, 0.3) is 10.2 Å². The quantitative estimate of drug-likeness (QED) is 0.288. The first-order chi connectivity index (χ1) is 15.9. The molecule has 0 bridgehead atoms. The van der Waals surface area contributed by atoms with Crippen LogP contribution in [0.15, 0.2) is 66.7 Å². The number of hydrogen-bond acceptors (Lipinski definition) is 5. The predicted molar refractivity (Wildman–Crippen MR) is 140 cm³/mol. The van der Waals surface area contributed by atoms with Gasteiger partial charge in [-0.25, -0.2) is 4.98 Å². The zero-order valence-electron chi connectivity index (χ0n) is 17.5. The molecule has 0 spiro atoms. The summed E-state index contributed by atoms with van der Waals surface area (Å²) in [5.41, 5.74) is 2.92. The highest BCUT2D eigenvalue weighted by atomic mass is 35.5. The van der Waals surface area contributed by atoms with E-state index in [9.17, 15) is 4.79 Å². The van der Waals surface area contributed by atoms with Crippen LogP contribution in [0, 0.1) is 0 Å². The Morgan fingerprint density at radius 3 is 2.61 bits per heavy atom. The van der Waals surface area contributed by atoms with E-state index >= 15 is 0 Å². The number of nitrogens with zero attached hydrogens (tertiary/aromatic N) is 1. The fraction of sp³-hybridized carbons (Fsp3) is 0.125. The molecule has 1 heterocycles. The van der Waals surface area contributed by atoms with Crippen LogP contribution in [0.4, 0.5) is 5.69 Å². The van der Waals surface area contributed by atoms with Crippen LogP contribution in [0.1, 0.15) is 17.5 Å². The first-order valence-corrected chi connectivity index (χ1v) is 12.0. The Bertz CT molecular complexity index is 1280. The van der Waals surface area contributed by atoms with Crippen molar-refractivity contribution < 1.29 is 9.53 Å². The van der Waals surface area contributed by atoms with E-state index in [0.29, 0.717) is 15.8 Å². The SMILES string of the molecule is CC(Oc1ccc(Cl)cc1Cl)C(=O)NC(=S)Nc1ccc(Cc2nc3ccccc3s2)cc1. The minimum atomic E-state index is -0.806. The molecule has 33 heavy (non-hydrogen) atoms. The lowest BCUT2D eigenvalue weighted by molar-refractivity contribution is -0.125. The van der Waals surface area contributed by atoms with Crippen molar-refractivity contribution in [2.75, 3.05) is 5.32 Å². The van der Waals surface area contributed by atoms with Gasteiger partial charge in [-0.1, -0.05) is 47.5 Å². The number of carbonyl (C=O) groups excluding carboxylic acids is 1. The molecule has 168 valence electrons. The molecule has 0 saturated heterocycles. The van der Waals surface area contributed by atoms with E-state index in [-0.39, 0.29) is 5.11 Å². The minimum Gasteiger partial charge on any atom is -0.479 e. The number of halogens is 2. The van der Waals surface area contributed by atoms with Gasteiger partial charge in [0.05, 0.1) is 20.2 Å². The fourth-order valence-corrected chi connectivity index (χ4v) is 4.74. The number of thiazole rings is 1. The maximum absolute atomic E-state index is 12.4. The van der Waals surface area contributed by atoms with Crippen LogP contribution in [0.3, 0.4) is 0 Å². The van der Waals surface area contributed by atoms with Crippen molar-refractivity contribution in [3.05, 3.63) is 87.3 Å². The van der Waals surface area contributed by atoms with Crippen molar-refractivity contribution in [2.24, 2.45) is 0 Å². The van der Waals surface area contributed by atoms with E-state index in [1.165, 1.54) is 4.70 Å². The second-order valence-electron chi connectivity index (χ2n) is 7.23. The number of nitrogens with one attached hydrogen (secondary N) is 2. The molecule has 0 fully saturated rings. The molecule has 1 atom stereocenters. The maximum Gasteiger partial charge on any atom is 0.266 e. The average molecular weight is 516 g/mol. The maximum atomic E-state index is 12.4. The molecule has 0 aliphatic carbocycles. The number of ether oxygens (including phenoxy) is 1. The smallest absolute Gasteiger partial charge is 0.266 e. The van der Waals surface area contributed by atoms with Gasteiger partial charge in [0.1, 0.15) is 5.75 Å².